The second-order valence-corrected chi connectivity index (χ2v) is 22.2. The van der Waals surface area contributed by atoms with E-state index in [9.17, 15) is 4.79 Å². The van der Waals surface area contributed by atoms with Crippen molar-refractivity contribution in [2.75, 3.05) is 89.7 Å². The Morgan fingerprint density at radius 1 is 0.689 bits per heavy atom. The summed E-state index contributed by atoms with van der Waals surface area (Å²) in [7, 11) is 4.07. The van der Waals surface area contributed by atoms with Crippen LogP contribution >= 0.6 is 0 Å². The van der Waals surface area contributed by atoms with Gasteiger partial charge in [-0.15, -0.1) is 0 Å². The summed E-state index contributed by atoms with van der Waals surface area (Å²) in [5.74, 6) is 1.99. The first-order valence-electron chi connectivity index (χ1n) is 27.1. The molecule has 6 aromatic rings. The van der Waals surface area contributed by atoms with E-state index in [0.29, 0.717) is 106 Å². The highest BCUT2D eigenvalue weighted by atomic mass is 19.1. The fourth-order valence-corrected chi connectivity index (χ4v) is 13.4. The Morgan fingerprint density at radius 2 is 1.31 bits per heavy atom. The minimum Gasteiger partial charge on any atom is -0.478 e. The standard InChI is InChI=1S/C59H65FN8O6/c1-65(2)19-4-22-73-53-14-9-39(33-64-53)42-29-45-48(31-46(42)60)62-35-51-55(45)59(17-26-72-27-18-59)57(70)68(51)49-30-43(49)40-6-3-20-66(36-40)21-5-23-74-52-13-8-38(32-63-52)37-7-12-47-44(28-37)54-50(34-61-47)67(41-10-11-41)56(69)58(54)15-24-71-25-16-58/h7-9,12-14,28-29,31-35,40-41,43,49H,3-6,10-11,15-27,30,36H2,1-2H3. The Bertz CT molecular complexity index is 3120. The van der Waals surface area contributed by atoms with Gasteiger partial charge in [-0.1, -0.05) is 6.07 Å². The molecule has 0 N–H and O–H groups in total. The van der Waals surface area contributed by atoms with E-state index < -0.39 is 10.8 Å². The van der Waals surface area contributed by atoms with Gasteiger partial charge in [0.2, 0.25) is 23.6 Å². The number of fused-ring (bicyclic) bond motifs is 8. The van der Waals surface area contributed by atoms with Crippen molar-refractivity contribution in [3.8, 4) is 34.0 Å². The lowest BCUT2D eigenvalue weighted by atomic mass is 9.74. The number of rotatable bonds is 15. The van der Waals surface area contributed by atoms with Crippen LogP contribution in [0.4, 0.5) is 15.8 Å². The third-order valence-electron chi connectivity index (χ3n) is 17.4. The summed E-state index contributed by atoms with van der Waals surface area (Å²) in [5.41, 5.74) is 7.22. The van der Waals surface area contributed by atoms with Crippen LogP contribution in [-0.4, -0.2) is 134 Å². The van der Waals surface area contributed by atoms with Gasteiger partial charge in [-0.3, -0.25) is 19.6 Å². The molecule has 2 aromatic carbocycles. The molecule has 5 fully saturated rings. The third kappa shape index (κ3) is 8.38. The number of carbonyl (C=O) groups excluding carboxylic acids is 2. The van der Waals surface area contributed by atoms with Crippen LogP contribution in [0.15, 0.2) is 79.4 Å². The Kier molecular flexibility index (Phi) is 12.4. The molecule has 15 heteroatoms. The lowest BCUT2D eigenvalue weighted by Gasteiger charge is -2.34. The monoisotopic (exact) mass is 1000 g/mol. The Morgan fingerprint density at radius 3 is 1.97 bits per heavy atom. The van der Waals surface area contributed by atoms with Gasteiger partial charge in [0.15, 0.2) is 0 Å². The zero-order valence-corrected chi connectivity index (χ0v) is 42.6. The number of carbonyl (C=O) groups is 2. The van der Waals surface area contributed by atoms with Gasteiger partial charge in [0.05, 0.1) is 58.8 Å². The van der Waals surface area contributed by atoms with Crippen molar-refractivity contribution in [1.82, 2.24) is 29.7 Å². The van der Waals surface area contributed by atoms with Crippen LogP contribution < -0.4 is 19.3 Å². The summed E-state index contributed by atoms with van der Waals surface area (Å²) < 4.78 is 39.7. The molecule has 74 heavy (non-hydrogen) atoms. The van der Waals surface area contributed by atoms with Gasteiger partial charge in [0, 0.05) is 127 Å². The molecule has 4 aromatic heterocycles. The number of ether oxygens (including phenoxy) is 4. The van der Waals surface area contributed by atoms with Gasteiger partial charge in [-0.2, -0.15) is 0 Å². The molecule has 3 atom stereocenters. The molecular formula is C59H65FN8O6. The number of nitrogens with zero attached hydrogens (tertiary/aromatic N) is 8. The van der Waals surface area contributed by atoms with Crippen molar-refractivity contribution in [3.05, 3.63) is 96.3 Å². The number of halogens is 1. The quantitative estimate of drug-likeness (QED) is 0.0910. The van der Waals surface area contributed by atoms with Crippen molar-refractivity contribution < 1.29 is 32.9 Å². The maximum Gasteiger partial charge on any atom is 0.238 e. The van der Waals surface area contributed by atoms with E-state index in [1.165, 1.54) is 6.07 Å². The lowest BCUT2D eigenvalue weighted by Crippen LogP contribution is -2.46. The molecule has 3 saturated heterocycles. The van der Waals surface area contributed by atoms with Gasteiger partial charge >= 0.3 is 0 Å². The number of benzene rings is 2. The fourth-order valence-electron chi connectivity index (χ4n) is 13.4. The van der Waals surface area contributed by atoms with E-state index in [0.717, 1.165) is 121 Å². The maximum absolute atomic E-state index is 16.0. The van der Waals surface area contributed by atoms with Crippen LogP contribution in [0.1, 0.15) is 81.8 Å². The number of piperidine rings is 1. The molecule has 13 rings (SSSR count). The second kappa shape index (κ2) is 19.2. The largest absolute Gasteiger partial charge is 0.478 e. The van der Waals surface area contributed by atoms with E-state index >= 15 is 9.18 Å². The average molecular weight is 1000 g/mol. The molecule has 0 radical (unpaired) electrons. The smallest absolute Gasteiger partial charge is 0.238 e. The summed E-state index contributed by atoms with van der Waals surface area (Å²) in [6.45, 7) is 7.19. The van der Waals surface area contributed by atoms with Crippen LogP contribution in [0.3, 0.4) is 0 Å². The topological polar surface area (TPSA) is 136 Å². The molecular weight excluding hydrogens is 936 g/mol. The predicted molar refractivity (Wildman–Crippen MR) is 281 cm³/mol. The zero-order valence-electron chi connectivity index (χ0n) is 42.6. The van der Waals surface area contributed by atoms with Crippen molar-refractivity contribution in [3.63, 3.8) is 0 Å². The molecule has 2 spiro atoms. The highest BCUT2D eigenvalue weighted by Gasteiger charge is 2.60. The Balaban J connectivity index is 0.657. The molecule has 14 nitrogen and oxygen atoms in total. The Labute approximate surface area is 431 Å². The molecule has 384 valence electrons. The highest BCUT2D eigenvalue weighted by molar-refractivity contribution is 6.14. The summed E-state index contributed by atoms with van der Waals surface area (Å²) >= 11 is 0. The Hall–Kier alpha value is -6.13. The average Bonchev–Trinajstić information content (AvgIpc) is 4.40. The maximum atomic E-state index is 16.0. The fraction of sp³-hybridized carbons (Fsp3) is 0.492. The van der Waals surface area contributed by atoms with E-state index in [1.807, 2.05) is 55.8 Å². The van der Waals surface area contributed by atoms with E-state index in [1.54, 1.807) is 12.3 Å². The van der Waals surface area contributed by atoms with Gasteiger partial charge in [-0.25, -0.2) is 14.4 Å². The highest BCUT2D eigenvalue weighted by Crippen LogP contribution is 2.57. The summed E-state index contributed by atoms with van der Waals surface area (Å²) in [5, 5.41) is 1.87. The lowest BCUT2D eigenvalue weighted by molar-refractivity contribution is -0.127. The van der Waals surface area contributed by atoms with E-state index in [2.05, 4.69) is 43.9 Å². The van der Waals surface area contributed by atoms with Gasteiger partial charge in [-0.05, 0) is 139 Å². The number of pyridine rings is 4. The minimum absolute atomic E-state index is 0.108. The SMILES string of the molecule is CN(C)CCCOc1ccc(-c2cc3c4c(cnc3cc2F)N(C2CC2C2CCCN(CCCOc3ccc(-c5ccc6ncc7c(c6c5)C5(CCOCC5)C(=O)N7C5CC5)cn3)C2)C(=O)C42CCOCC2)cn1. The number of hydrogen-bond donors (Lipinski definition) is 0. The second-order valence-electron chi connectivity index (χ2n) is 22.2. The molecule has 7 aliphatic rings. The van der Waals surface area contributed by atoms with Crippen LogP contribution in [0.2, 0.25) is 0 Å². The van der Waals surface area contributed by atoms with E-state index in [-0.39, 0.29) is 29.7 Å². The summed E-state index contributed by atoms with van der Waals surface area (Å²) in [6.07, 6.45) is 16.9. The molecule has 2 saturated carbocycles. The number of likely N-dealkylation sites (tertiary alicyclic amines) is 1. The van der Waals surface area contributed by atoms with Gasteiger partial charge < -0.3 is 38.5 Å². The molecule has 2 amide bonds. The van der Waals surface area contributed by atoms with Crippen LogP contribution in [0, 0.1) is 17.7 Å². The molecule has 5 aliphatic heterocycles. The van der Waals surface area contributed by atoms with Crippen LogP contribution in [0.25, 0.3) is 44.1 Å². The molecule has 9 heterocycles. The normalized spacial score (nSPS) is 23.1. The minimum atomic E-state index is -0.739. The van der Waals surface area contributed by atoms with Gasteiger partial charge in [0.25, 0.3) is 0 Å². The summed E-state index contributed by atoms with van der Waals surface area (Å²) in [6, 6.07) is 17.8. The third-order valence-corrected chi connectivity index (χ3v) is 17.4. The molecule has 0 bridgehead atoms. The van der Waals surface area contributed by atoms with Gasteiger partial charge in [0.1, 0.15) is 5.82 Å². The van der Waals surface area contributed by atoms with Crippen molar-refractivity contribution in [2.45, 2.75) is 93.5 Å². The van der Waals surface area contributed by atoms with Crippen molar-refractivity contribution in [1.29, 1.82) is 0 Å². The number of anilines is 2. The first-order chi connectivity index (χ1) is 36.2. The molecule has 2 aliphatic carbocycles. The van der Waals surface area contributed by atoms with Crippen LogP contribution in [-0.2, 0) is 29.9 Å². The van der Waals surface area contributed by atoms with E-state index in [4.69, 9.17) is 33.9 Å². The predicted octanol–water partition coefficient (Wildman–Crippen LogP) is 8.90. The van der Waals surface area contributed by atoms with Crippen molar-refractivity contribution >= 4 is 45.0 Å². The zero-order chi connectivity index (χ0) is 50.1. The first kappa shape index (κ1) is 47.6. The molecule has 3 unspecified atom stereocenters. The first-order valence-corrected chi connectivity index (χ1v) is 27.1. The van der Waals surface area contributed by atoms with Crippen LogP contribution in [0.5, 0.6) is 11.8 Å². The number of aromatic nitrogens is 4. The summed E-state index contributed by atoms with van der Waals surface area (Å²) in [4.78, 5) is 56.9. The number of hydrogen-bond acceptors (Lipinski definition) is 12. The number of amides is 2. The van der Waals surface area contributed by atoms with Crippen molar-refractivity contribution in [2.24, 2.45) is 11.8 Å².